The van der Waals surface area contributed by atoms with E-state index in [2.05, 4.69) is 77.7 Å². The zero-order valence-electron chi connectivity index (χ0n) is 14.2. The highest BCUT2D eigenvalue weighted by Gasteiger charge is 2.56. The van der Waals surface area contributed by atoms with Crippen molar-refractivity contribution in [2.24, 2.45) is 13.0 Å². The monoisotopic (exact) mass is 341 g/mol. The lowest BCUT2D eigenvalue weighted by Crippen LogP contribution is -2.29. The normalized spacial score (nSPS) is 21.5. The molecule has 0 N–H and O–H groups in total. The molecule has 0 saturated heterocycles. The van der Waals surface area contributed by atoms with Crippen molar-refractivity contribution in [3.05, 3.63) is 82.7 Å². The molecular formula is C23H19NS. The molecule has 2 aliphatic rings. The van der Waals surface area contributed by atoms with E-state index in [4.69, 9.17) is 0 Å². The molecule has 0 bridgehead atoms. The van der Waals surface area contributed by atoms with Crippen LogP contribution in [0.2, 0.25) is 0 Å². The molecule has 1 unspecified atom stereocenters. The minimum Gasteiger partial charge on any atom is -0.343 e. The van der Waals surface area contributed by atoms with Gasteiger partial charge in [0, 0.05) is 23.5 Å². The molecule has 1 atom stereocenters. The van der Waals surface area contributed by atoms with Crippen LogP contribution in [-0.2, 0) is 12.5 Å². The largest absolute Gasteiger partial charge is 0.343 e. The van der Waals surface area contributed by atoms with E-state index < -0.39 is 0 Å². The maximum absolute atomic E-state index is 2.42. The SMILES string of the molecule is Cn1c2c(c3ccccc31)C(c1ccccc1)(C1CC1)c1ccsc1-2. The fourth-order valence-electron chi connectivity index (χ4n) is 5.17. The molecule has 0 radical (unpaired) electrons. The third-order valence-electron chi connectivity index (χ3n) is 6.23. The average Bonchev–Trinajstić information content (AvgIpc) is 3.22. The Morgan fingerprint density at radius 2 is 1.72 bits per heavy atom. The van der Waals surface area contributed by atoms with E-state index in [1.165, 1.54) is 45.4 Å². The van der Waals surface area contributed by atoms with E-state index in [1.54, 1.807) is 5.56 Å². The highest BCUT2D eigenvalue weighted by atomic mass is 32.1. The minimum atomic E-state index is 0.0345. The summed E-state index contributed by atoms with van der Waals surface area (Å²) in [5.41, 5.74) is 7.40. The Balaban J connectivity index is 1.84. The molecule has 1 fully saturated rings. The molecule has 6 rings (SSSR count). The Bertz CT molecular complexity index is 1110. The lowest BCUT2D eigenvalue weighted by molar-refractivity contribution is 0.554. The molecule has 4 aromatic rings. The number of hydrogen-bond donors (Lipinski definition) is 0. The van der Waals surface area contributed by atoms with Crippen LogP contribution in [0.15, 0.2) is 66.0 Å². The van der Waals surface area contributed by atoms with Crippen LogP contribution in [-0.4, -0.2) is 4.57 Å². The van der Waals surface area contributed by atoms with Crippen molar-refractivity contribution in [3.8, 4) is 10.6 Å². The predicted molar refractivity (Wildman–Crippen MR) is 105 cm³/mol. The Labute approximate surface area is 151 Å². The standard InChI is InChI=1S/C23H19NS/c1-24-19-10-6-5-9-17(19)20-21(24)22-18(13-14-25-22)23(20,16-11-12-16)15-7-3-2-4-8-15/h2-10,13-14,16H,11-12H2,1H3. The van der Waals surface area contributed by atoms with E-state index in [9.17, 15) is 0 Å². The molecule has 0 aliphatic heterocycles. The fraction of sp³-hybridized carbons (Fsp3) is 0.217. The maximum Gasteiger partial charge on any atom is 0.0638 e. The summed E-state index contributed by atoms with van der Waals surface area (Å²) >= 11 is 1.91. The van der Waals surface area contributed by atoms with Crippen LogP contribution >= 0.6 is 11.3 Å². The highest BCUT2D eigenvalue weighted by molar-refractivity contribution is 7.14. The van der Waals surface area contributed by atoms with Crippen molar-refractivity contribution < 1.29 is 0 Å². The van der Waals surface area contributed by atoms with Gasteiger partial charge in [0.25, 0.3) is 0 Å². The summed E-state index contributed by atoms with van der Waals surface area (Å²) in [6.45, 7) is 0. The second kappa shape index (κ2) is 4.64. The summed E-state index contributed by atoms with van der Waals surface area (Å²) in [4.78, 5) is 1.48. The van der Waals surface area contributed by atoms with Crippen molar-refractivity contribution in [1.29, 1.82) is 0 Å². The Hall–Kier alpha value is -2.32. The number of benzene rings is 2. The molecule has 122 valence electrons. The van der Waals surface area contributed by atoms with Crippen LogP contribution in [0.1, 0.15) is 29.5 Å². The first-order chi connectivity index (χ1) is 12.3. The van der Waals surface area contributed by atoms with Gasteiger partial charge < -0.3 is 4.57 Å². The van der Waals surface area contributed by atoms with E-state index in [-0.39, 0.29) is 5.41 Å². The first-order valence-electron chi connectivity index (χ1n) is 9.05. The third-order valence-corrected chi connectivity index (χ3v) is 7.15. The van der Waals surface area contributed by atoms with Crippen LogP contribution < -0.4 is 0 Å². The number of para-hydroxylation sites is 1. The van der Waals surface area contributed by atoms with Gasteiger partial charge in [-0.25, -0.2) is 0 Å². The first kappa shape index (κ1) is 13.9. The maximum atomic E-state index is 2.42. The smallest absolute Gasteiger partial charge is 0.0638 e. The Kier molecular flexibility index (Phi) is 2.58. The molecule has 0 amide bonds. The predicted octanol–water partition coefficient (Wildman–Crippen LogP) is 5.96. The van der Waals surface area contributed by atoms with Crippen molar-refractivity contribution in [1.82, 2.24) is 4.57 Å². The number of aromatic nitrogens is 1. The number of thiophene rings is 1. The second-order valence-electron chi connectivity index (χ2n) is 7.41. The second-order valence-corrected chi connectivity index (χ2v) is 8.33. The molecule has 1 saturated carbocycles. The molecule has 1 nitrogen and oxygen atoms in total. The van der Waals surface area contributed by atoms with Crippen molar-refractivity contribution >= 4 is 22.2 Å². The van der Waals surface area contributed by atoms with Crippen LogP contribution in [0.3, 0.4) is 0 Å². The van der Waals surface area contributed by atoms with Crippen molar-refractivity contribution in [2.75, 3.05) is 0 Å². The zero-order chi connectivity index (χ0) is 16.6. The van der Waals surface area contributed by atoms with Gasteiger partial charge in [-0.05, 0) is 47.4 Å². The van der Waals surface area contributed by atoms with Gasteiger partial charge in [-0.1, -0.05) is 48.5 Å². The molecule has 2 heterocycles. The third kappa shape index (κ3) is 1.55. The van der Waals surface area contributed by atoms with Gasteiger partial charge in [0.1, 0.15) is 0 Å². The van der Waals surface area contributed by atoms with E-state index in [0.717, 1.165) is 5.92 Å². The summed E-state index contributed by atoms with van der Waals surface area (Å²) < 4.78 is 2.42. The quantitative estimate of drug-likeness (QED) is 0.423. The molecule has 2 aromatic carbocycles. The van der Waals surface area contributed by atoms with Crippen molar-refractivity contribution in [3.63, 3.8) is 0 Å². The first-order valence-corrected chi connectivity index (χ1v) is 9.93. The number of nitrogens with zero attached hydrogens (tertiary/aromatic N) is 1. The molecule has 2 aliphatic carbocycles. The lowest BCUT2D eigenvalue weighted by atomic mass is 9.69. The number of rotatable bonds is 2. The summed E-state index contributed by atoms with van der Waals surface area (Å²) in [5, 5.41) is 3.71. The van der Waals surface area contributed by atoms with Gasteiger partial charge in [-0.3, -0.25) is 0 Å². The van der Waals surface area contributed by atoms with Crippen LogP contribution in [0, 0.1) is 5.92 Å². The van der Waals surface area contributed by atoms with Gasteiger partial charge in [-0.15, -0.1) is 11.3 Å². The van der Waals surface area contributed by atoms with Gasteiger partial charge in [0.15, 0.2) is 0 Å². The molecule has 0 spiro atoms. The van der Waals surface area contributed by atoms with Crippen LogP contribution in [0.25, 0.3) is 21.5 Å². The zero-order valence-corrected chi connectivity index (χ0v) is 15.0. The summed E-state index contributed by atoms with van der Waals surface area (Å²) in [6, 6.07) is 22.6. The van der Waals surface area contributed by atoms with E-state index in [0.29, 0.717) is 0 Å². The van der Waals surface area contributed by atoms with Gasteiger partial charge in [0.05, 0.1) is 16.0 Å². The van der Waals surface area contributed by atoms with Gasteiger partial charge in [0.2, 0.25) is 0 Å². The van der Waals surface area contributed by atoms with Crippen LogP contribution in [0.4, 0.5) is 0 Å². The average molecular weight is 341 g/mol. The number of aryl methyl sites for hydroxylation is 1. The lowest BCUT2D eigenvalue weighted by Gasteiger charge is -2.32. The topological polar surface area (TPSA) is 4.93 Å². The highest BCUT2D eigenvalue weighted by Crippen LogP contribution is 2.65. The van der Waals surface area contributed by atoms with Gasteiger partial charge >= 0.3 is 0 Å². The number of hydrogen-bond acceptors (Lipinski definition) is 1. The van der Waals surface area contributed by atoms with E-state index >= 15 is 0 Å². The van der Waals surface area contributed by atoms with E-state index in [1.807, 2.05) is 11.3 Å². The molecule has 25 heavy (non-hydrogen) atoms. The molecule has 2 aromatic heterocycles. The number of fused-ring (bicyclic) bond motifs is 5. The fourth-order valence-corrected chi connectivity index (χ4v) is 6.22. The minimum absolute atomic E-state index is 0.0345. The molecular weight excluding hydrogens is 322 g/mol. The summed E-state index contributed by atoms with van der Waals surface area (Å²) in [7, 11) is 2.23. The van der Waals surface area contributed by atoms with Gasteiger partial charge in [-0.2, -0.15) is 0 Å². The Morgan fingerprint density at radius 1 is 0.960 bits per heavy atom. The summed E-state index contributed by atoms with van der Waals surface area (Å²) in [6.07, 6.45) is 2.65. The van der Waals surface area contributed by atoms with Crippen LogP contribution in [0.5, 0.6) is 0 Å². The van der Waals surface area contributed by atoms with Crippen molar-refractivity contribution in [2.45, 2.75) is 18.3 Å². The summed E-state index contributed by atoms with van der Waals surface area (Å²) in [5.74, 6) is 0.718. The Morgan fingerprint density at radius 3 is 2.52 bits per heavy atom. The molecule has 2 heteroatoms.